The van der Waals surface area contributed by atoms with Crippen molar-refractivity contribution in [1.82, 2.24) is 4.98 Å². The molecule has 1 fully saturated rings. The average molecular weight is 378 g/mol. The van der Waals surface area contributed by atoms with Gasteiger partial charge in [0.15, 0.2) is 11.7 Å². The summed E-state index contributed by atoms with van der Waals surface area (Å²) in [5, 5.41) is 1.13. The summed E-state index contributed by atoms with van der Waals surface area (Å²) < 4.78 is 1.20. The number of likely N-dealkylation sites (tertiary alicyclic amines) is 1. The second kappa shape index (κ2) is 6.25. The normalized spacial score (nSPS) is 22.0. The van der Waals surface area contributed by atoms with E-state index in [1.54, 1.807) is 16.2 Å². The van der Waals surface area contributed by atoms with Crippen LogP contribution in [0.15, 0.2) is 42.5 Å². The summed E-state index contributed by atoms with van der Waals surface area (Å²) in [4.78, 5) is 32.8. The Hall–Kier alpha value is -2.57. The van der Waals surface area contributed by atoms with E-state index in [2.05, 4.69) is 6.07 Å². The van der Waals surface area contributed by atoms with Gasteiger partial charge in [0.2, 0.25) is 0 Å². The van der Waals surface area contributed by atoms with Crippen molar-refractivity contribution in [3.05, 3.63) is 58.6 Å². The van der Waals surface area contributed by atoms with Crippen LogP contribution < -0.4 is 9.80 Å². The molecule has 1 saturated heterocycles. The second-order valence-corrected chi connectivity index (χ2v) is 8.43. The van der Waals surface area contributed by atoms with Crippen LogP contribution in [0.3, 0.4) is 0 Å². The summed E-state index contributed by atoms with van der Waals surface area (Å²) in [7, 11) is 0. The maximum atomic E-state index is 12.6. The molecule has 1 unspecified atom stereocenters. The van der Waals surface area contributed by atoms with E-state index in [0.717, 1.165) is 41.2 Å². The minimum atomic E-state index is -0.405. The number of anilines is 1. The SMILES string of the molecule is Cc1ccc2c(c1)C(=O)C(=O)N2C[NH+]1CCC[C@H]1c1nc2ccccc2s1. The van der Waals surface area contributed by atoms with Crippen molar-refractivity contribution in [2.75, 3.05) is 18.1 Å². The Kier molecular flexibility index (Phi) is 3.84. The van der Waals surface area contributed by atoms with E-state index in [1.165, 1.54) is 9.60 Å². The molecule has 0 bridgehead atoms. The molecule has 5 rings (SSSR count). The zero-order chi connectivity index (χ0) is 18.5. The number of hydrogen-bond donors (Lipinski definition) is 1. The molecule has 2 aromatic carbocycles. The van der Waals surface area contributed by atoms with Crippen molar-refractivity contribution in [2.24, 2.45) is 0 Å². The van der Waals surface area contributed by atoms with E-state index in [4.69, 9.17) is 4.98 Å². The monoisotopic (exact) mass is 378 g/mol. The lowest BCUT2D eigenvalue weighted by molar-refractivity contribution is -0.917. The number of fused-ring (bicyclic) bond motifs is 2. The Morgan fingerprint density at radius 3 is 2.93 bits per heavy atom. The molecular formula is C21H20N3O2S+. The molecule has 2 aliphatic heterocycles. The molecular weight excluding hydrogens is 358 g/mol. The standard InChI is InChI=1S/C21H19N3O2S/c1-13-8-9-16-14(11-13)19(25)21(26)24(16)12-23-10-4-6-17(23)20-22-15-5-2-3-7-18(15)27-20/h2-3,5,7-9,11,17H,4,6,10,12H2,1H3/p+1/t17-/m0/s1. The third-order valence-corrected chi connectivity index (χ3v) is 6.73. The first-order valence-electron chi connectivity index (χ1n) is 9.29. The zero-order valence-corrected chi connectivity index (χ0v) is 15.9. The van der Waals surface area contributed by atoms with Gasteiger partial charge in [0.25, 0.3) is 5.78 Å². The summed E-state index contributed by atoms with van der Waals surface area (Å²) in [5.74, 6) is -0.790. The Morgan fingerprint density at radius 2 is 2.07 bits per heavy atom. The number of aryl methyl sites for hydroxylation is 1. The number of para-hydroxylation sites is 1. The molecule has 1 aromatic heterocycles. The Morgan fingerprint density at radius 1 is 1.22 bits per heavy atom. The van der Waals surface area contributed by atoms with Gasteiger partial charge in [0, 0.05) is 12.8 Å². The summed E-state index contributed by atoms with van der Waals surface area (Å²) >= 11 is 1.74. The highest BCUT2D eigenvalue weighted by Crippen LogP contribution is 2.31. The Balaban J connectivity index is 1.45. The zero-order valence-electron chi connectivity index (χ0n) is 15.1. The van der Waals surface area contributed by atoms with Crippen LogP contribution in [0, 0.1) is 6.92 Å². The molecule has 3 heterocycles. The molecule has 1 amide bonds. The van der Waals surface area contributed by atoms with Gasteiger partial charge in [-0.1, -0.05) is 23.8 Å². The summed E-state index contributed by atoms with van der Waals surface area (Å²) in [5.41, 5.74) is 3.32. The molecule has 0 saturated carbocycles. The van der Waals surface area contributed by atoms with Crippen LogP contribution in [0.1, 0.15) is 39.8 Å². The van der Waals surface area contributed by atoms with Gasteiger partial charge in [-0.05, 0) is 31.2 Å². The fraction of sp³-hybridized carbons (Fsp3) is 0.286. The lowest BCUT2D eigenvalue weighted by Gasteiger charge is -2.25. The number of nitrogens with one attached hydrogen (secondary N) is 1. The summed E-state index contributed by atoms with van der Waals surface area (Å²) in [6.07, 6.45) is 2.17. The molecule has 2 atom stereocenters. The number of rotatable bonds is 3. The quantitative estimate of drug-likeness (QED) is 0.713. The van der Waals surface area contributed by atoms with Gasteiger partial charge in [-0.2, -0.15) is 0 Å². The molecule has 6 heteroatoms. The van der Waals surface area contributed by atoms with Crippen LogP contribution in [-0.4, -0.2) is 29.9 Å². The number of amides is 1. The lowest BCUT2D eigenvalue weighted by atomic mass is 10.1. The molecule has 0 aliphatic carbocycles. The number of quaternary nitrogens is 1. The van der Waals surface area contributed by atoms with E-state index in [9.17, 15) is 9.59 Å². The highest BCUT2D eigenvalue weighted by Gasteiger charge is 2.41. The van der Waals surface area contributed by atoms with Crippen molar-refractivity contribution in [3.8, 4) is 0 Å². The van der Waals surface area contributed by atoms with Crippen LogP contribution in [0.2, 0.25) is 0 Å². The van der Waals surface area contributed by atoms with E-state index in [0.29, 0.717) is 12.2 Å². The highest BCUT2D eigenvalue weighted by atomic mass is 32.1. The maximum absolute atomic E-state index is 12.6. The van der Waals surface area contributed by atoms with Crippen molar-refractivity contribution in [3.63, 3.8) is 0 Å². The van der Waals surface area contributed by atoms with Gasteiger partial charge in [0.05, 0.1) is 28.0 Å². The predicted molar refractivity (Wildman–Crippen MR) is 105 cm³/mol. The largest absolute Gasteiger partial charge is 0.309 e. The third kappa shape index (κ3) is 2.67. The third-order valence-electron chi connectivity index (χ3n) is 5.58. The molecule has 27 heavy (non-hydrogen) atoms. The number of benzene rings is 2. The van der Waals surface area contributed by atoms with Gasteiger partial charge in [-0.25, -0.2) is 4.98 Å². The van der Waals surface area contributed by atoms with Gasteiger partial charge < -0.3 is 4.90 Å². The molecule has 5 nitrogen and oxygen atoms in total. The number of carbonyl (C=O) groups is 2. The maximum Gasteiger partial charge on any atom is 0.303 e. The predicted octanol–water partition coefficient (Wildman–Crippen LogP) is 2.51. The summed E-state index contributed by atoms with van der Waals surface area (Å²) in [6.45, 7) is 3.44. The first-order chi connectivity index (χ1) is 13.1. The average Bonchev–Trinajstić information content (AvgIpc) is 3.35. The van der Waals surface area contributed by atoms with Gasteiger partial charge in [-0.15, -0.1) is 11.3 Å². The number of carbonyl (C=O) groups excluding carboxylic acids is 2. The van der Waals surface area contributed by atoms with Crippen molar-refractivity contribution >= 4 is 38.9 Å². The number of nitrogens with zero attached hydrogens (tertiary/aromatic N) is 2. The van der Waals surface area contributed by atoms with Gasteiger partial charge >= 0.3 is 5.91 Å². The van der Waals surface area contributed by atoms with Crippen molar-refractivity contribution in [1.29, 1.82) is 0 Å². The number of aromatic nitrogens is 1. The fourth-order valence-corrected chi connectivity index (χ4v) is 5.37. The van der Waals surface area contributed by atoms with E-state index in [1.807, 2.05) is 43.3 Å². The Bertz CT molecular complexity index is 1040. The number of Topliss-reactive ketones (excluding diaryl/α,β-unsaturated/α-hetero) is 1. The van der Waals surface area contributed by atoms with Crippen molar-refractivity contribution in [2.45, 2.75) is 25.8 Å². The molecule has 0 spiro atoms. The molecule has 2 aliphatic rings. The van der Waals surface area contributed by atoms with E-state index >= 15 is 0 Å². The highest BCUT2D eigenvalue weighted by molar-refractivity contribution is 7.18. The van der Waals surface area contributed by atoms with E-state index in [-0.39, 0.29) is 11.8 Å². The van der Waals surface area contributed by atoms with Crippen LogP contribution in [0.25, 0.3) is 10.2 Å². The lowest BCUT2D eigenvalue weighted by Crippen LogP contribution is -3.12. The van der Waals surface area contributed by atoms with E-state index < -0.39 is 5.91 Å². The summed E-state index contributed by atoms with van der Waals surface area (Å²) in [6, 6.07) is 14.2. The minimum absolute atomic E-state index is 0.278. The van der Waals surface area contributed by atoms with Crippen LogP contribution in [-0.2, 0) is 4.79 Å². The Labute approximate surface area is 161 Å². The molecule has 3 aromatic rings. The van der Waals surface area contributed by atoms with Crippen LogP contribution in [0.5, 0.6) is 0 Å². The first-order valence-corrected chi connectivity index (χ1v) is 10.1. The van der Waals surface area contributed by atoms with Gasteiger partial charge in [0.1, 0.15) is 6.04 Å². The van der Waals surface area contributed by atoms with Crippen LogP contribution in [0.4, 0.5) is 5.69 Å². The number of ketones is 1. The number of thiazole rings is 1. The molecule has 1 N–H and O–H groups in total. The van der Waals surface area contributed by atoms with Crippen molar-refractivity contribution < 1.29 is 14.5 Å². The minimum Gasteiger partial charge on any atom is -0.309 e. The second-order valence-electron chi connectivity index (χ2n) is 7.36. The van der Waals surface area contributed by atoms with Gasteiger partial charge in [-0.3, -0.25) is 14.5 Å². The molecule has 136 valence electrons. The molecule has 0 radical (unpaired) electrons. The smallest absolute Gasteiger partial charge is 0.303 e. The number of hydrogen-bond acceptors (Lipinski definition) is 4. The topological polar surface area (TPSA) is 54.7 Å². The first kappa shape index (κ1) is 16.6. The fourth-order valence-electron chi connectivity index (χ4n) is 4.21. The van der Waals surface area contributed by atoms with Crippen LogP contribution >= 0.6 is 11.3 Å².